The summed E-state index contributed by atoms with van der Waals surface area (Å²) in [5.74, 6) is 0. The first kappa shape index (κ1) is 5.95. The SMILES string of the molecule is C=C[CH]c1cnccn1. The quantitative estimate of drug-likeness (QED) is 0.584. The van der Waals surface area contributed by atoms with E-state index in [2.05, 4.69) is 16.5 Å². The molecule has 2 heteroatoms. The predicted molar refractivity (Wildman–Crippen MR) is 35.6 cm³/mol. The molecule has 1 radical (unpaired) electrons. The Balaban J connectivity index is 2.72. The van der Waals surface area contributed by atoms with Gasteiger partial charge in [-0.1, -0.05) is 6.08 Å². The van der Waals surface area contributed by atoms with E-state index in [1.807, 2.05) is 0 Å². The maximum absolute atomic E-state index is 3.98. The summed E-state index contributed by atoms with van der Waals surface area (Å²) < 4.78 is 0. The van der Waals surface area contributed by atoms with Crippen molar-refractivity contribution in [2.45, 2.75) is 0 Å². The average molecular weight is 119 g/mol. The van der Waals surface area contributed by atoms with E-state index in [0.29, 0.717) is 0 Å². The van der Waals surface area contributed by atoms with Crippen molar-refractivity contribution in [2.75, 3.05) is 0 Å². The van der Waals surface area contributed by atoms with Crippen LogP contribution in [0, 0.1) is 6.42 Å². The molecule has 0 saturated heterocycles. The molecule has 2 nitrogen and oxygen atoms in total. The highest BCUT2D eigenvalue weighted by Crippen LogP contribution is 1.93. The second kappa shape index (κ2) is 2.97. The molecule has 1 rings (SSSR count). The minimum absolute atomic E-state index is 0.840. The van der Waals surface area contributed by atoms with Gasteiger partial charge >= 0.3 is 0 Å². The summed E-state index contributed by atoms with van der Waals surface area (Å²) in [5.41, 5.74) is 0.840. The molecule has 0 N–H and O–H groups in total. The fourth-order valence-electron chi connectivity index (χ4n) is 0.517. The van der Waals surface area contributed by atoms with Gasteiger partial charge in [-0.25, -0.2) is 0 Å². The van der Waals surface area contributed by atoms with Crippen LogP contribution in [0.2, 0.25) is 0 Å². The molecule has 0 amide bonds. The molecule has 1 heterocycles. The van der Waals surface area contributed by atoms with Gasteiger partial charge in [0.25, 0.3) is 0 Å². The highest BCUT2D eigenvalue weighted by atomic mass is 14.8. The number of hydrogen-bond donors (Lipinski definition) is 0. The molecule has 45 valence electrons. The van der Waals surface area contributed by atoms with Crippen molar-refractivity contribution < 1.29 is 0 Å². The summed E-state index contributed by atoms with van der Waals surface area (Å²) in [6, 6.07) is 0. The Labute approximate surface area is 54.3 Å². The number of hydrogen-bond acceptors (Lipinski definition) is 2. The number of aromatic nitrogens is 2. The Hall–Kier alpha value is -1.18. The van der Waals surface area contributed by atoms with Crippen molar-refractivity contribution in [3.63, 3.8) is 0 Å². The molecule has 9 heavy (non-hydrogen) atoms. The highest BCUT2D eigenvalue weighted by molar-refractivity contribution is 5.14. The van der Waals surface area contributed by atoms with Crippen molar-refractivity contribution in [2.24, 2.45) is 0 Å². The van der Waals surface area contributed by atoms with E-state index >= 15 is 0 Å². The van der Waals surface area contributed by atoms with Crippen LogP contribution in [0.3, 0.4) is 0 Å². The largest absolute Gasteiger partial charge is 0.261 e. The summed E-state index contributed by atoms with van der Waals surface area (Å²) in [4.78, 5) is 7.84. The van der Waals surface area contributed by atoms with E-state index in [1.165, 1.54) is 0 Å². The van der Waals surface area contributed by atoms with Gasteiger partial charge in [0.05, 0.1) is 5.69 Å². The van der Waals surface area contributed by atoms with Crippen LogP contribution in [0.15, 0.2) is 31.2 Å². The summed E-state index contributed by atoms with van der Waals surface area (Å²) in [6.45, 7) is 3.53. The number of rotatable bonds is 2. The zero-order valence-corrected chi connectivity index (χ0v) is 4.99. The lowest BCUT2D eigenvalue weighted by atomic mass is 10.3. The maximum atomic E-state index is 3.98. The van der Waals surface area contributed by atoms with Gasteiger partial charge in [0.2, 0.25) is 0 Å². The zero-order valence-electron chi connectivity index (χ0n) is 4.99. The van der Waals surface area contributed by atoms with E-state index in [4.69, 9.17) is 0 Å². The molecule has 0 atom stereocenters. The monoisotopic (exact) mass is 119 g/mol. The third-order valence-corrected chi connectivity index (χ3v) is 0.872. The van der Waals surface area contributed by atoms with Crippen LogP contribution in [0.1, 0.15) is 5.69 Å². The van der Waals surface area contributed by atoms with Crippen LogP contribution in [-0.2, 0) is 0 Å². The first-order valence-electron chi connectivity index (χ1n) is 2.65. The Morgan fingerprint density at radius 3 is 2.89 bits per heavy atom. The molecule has 1 aromatic rings. The number of nitrogens with zero attached hydrogens (tertiary/aromatic N) is 2. The van der Waals surface area contributed by atoms with Crippen LogP contribution < -0.4 is 0 Å². The topological polar surface area (TPSA) is 25.8 Å². The molecular weight excluding hydrogens is 112 g/mol. The van der Waals surface area contributed by atoms with Gasteiger partial charge < -0.3 is 0 Å². The Morgan fingerprint density at radius 2 is 2.33 bits per heavy atom. The van der Waals surface area contributed by atoms with Gasteiger partial charge in [0.15, 0.2) is 0 Å². The first-order valence-corrected chi connectivity index (χ1v) is 2.65. The van der Waals surface area contributed by atoms with E-state index in [9.17, 15) is 0 Å². The Kier molecular flexibility index (Phi) is 1.96. The predicted octanol–water partition coefficient (Wildman–Crippen LogP) is 1.21. The minimum Gasteiger partial charge on any atom is -0.261 e. The first-order chi connectivity index (χ1) is 4.43. The molecule has 0 unspecified atom stereocenters. The standard InChI is InChI=1S/C7H7N2/c1-2-3-7-6-8-4-5-9-7/h2-6H,1H2. The molecule has 1 aromatic heterocycles. The number of allylic oxidation sites excluding steroid dienone is 1. The minimum atomic E-state index is 0.840. The fourth-order valence-corrected chi connectivity index (χ4v) is 0.517. The zero-order chi connectivity index (χ0) is 6.53. The van der Waals surface area contributed by atoms with Gasteiger partial charge in [-0.2, -0.15) is 0 Å². The van der Waals surface area contributed by atoms with E-state index in [-0.39, 0.29) is 0 Å². The summed E-state index contributed by atoms with van der Waals surface area (Å²) >= 11 is 0. The van der Waals surface area contributed by atoms with Gasteiger partial charge in [0, 0.05) is 25.0 Å². The van der Waals surface area contributed by atoms with Gasteiger partial charge in [-0.15, -0.1) is 6.58 Å². The third-order valence-electron chi connectivity index (χ3n) is 0.872. The molecule has 0 saturated carbocycles. The van der Waals surface area contributed by atoms with Gasteiger partial charge in [-0.3, -0.25) is 9.97 Å². The Morgan fingerprint density at radius 1 is 1.44 bits per heavy atom. The second-order valence-corrected chi connectivity index (χ2v) is 1.53. The lowest BCUT2D eigenvalue weighted by molar-refractivity contribution is 1.14. The van der Waals surface area contributed by atoms with E-state index < -0.39 is 0 Å². The fraction of sp³-hybridized carbons (Fsp3) is 0. The molecule has 0 aromatic carbocycles. The van der Waals surface area contributed by atoms with Gasteiger partial charge in [0.1, 0.15) is 0 Å². The summed E-state index contributed by atoms with van der Waals surface area (Å²) in [6.07, 6.45) is 8.45. The normalized spacial score (nSPS) is 8.89. The lowest BCUT2D eigenvalue weighted by Gasteiger charge is -1.88. The molecule has 0 fully saturated rings. The maximum Gasteiger partial charge on any atom is 0.0664 e. The summed E-state index contributed by atoms with van der Waals surface area (Å²) in [7, 11) is 0. The van der Waals surface area contributed by atoms with Crippen LogP contribution in [0.5, 0.6) is 0 Å². The van der Waals surface area contributed by atoms with Crippen molar-refractivity contribution >= 4 is 0 Å². The molecule has 0 bridgehead atoms. The second-order valence-electron chi connectivity index (χ2n) is 1.53. The smallest absolute Gasteiger partial charge is 0.0664 e. The lowest BCUT2D eigenvalue weighted by Crippen LogP contribution is -1.83. The Bertz CT molecular complexity index is 181. The van der Waals surface area contributed by atoms with Crippen molar-refractivity contribution in [3.8, 4) is 0 Å². The van der Waals surface area contributed by atoms with E-state index in [1.54, 1.807) is 31.1 Å². The van der Waals surface area contributed by atoms with Gasteiger partial charge in [-0.05, 0) is 0 Å². The van der Waals surface area contributed by atoms with Crippen molar-refractivity contribution in [3.05, 3.63) is 43.4 Å². The molecular formula is C7H7N2. The summed E-state index contributed by atoms with van der Waals surface area (Å²) in [5, 5.41) is 0. The average Bonchev–Trinajstić information content (AvgIpc) is 1.91. The van der Waals surface area contributed by atoms with Crippen LogP contribution >= 0.6 is 0 Å². The van der Waals surface area contributed by atoms with Crippen LogP contribution in [0.25, 0.3) is 0 Å². The molecule has 0 aliphatic heterocycles. The van der Waals surface area contributed by atoms with Crippen molar-refractivity contribution in [1.29, 1.82) is 0 Å². The van der Waals surface area contributed by atoms with E-state index in [0.717, 1.165) is 5.69 Å². The molecule has 0 aliphatic rings. The molecule has 0 aliphatic carbocycles. The van der Waals surface area contributed by atoms with Crippen LogP contribution in [-0.4, -0.2) is 9.97 Å². The molecule has 0 spiro atoms. The third kappa shape index (κ3) is 1.64. The van der Waals surface area contributed by atoms with Crippen molar-refractivity contribution in [1.82, 2.24) is 9.97 Å². The van der Waals surface area contributed by atoms with Crippen LogP contribution in [0.4, 0.5) is 0 Å². The highest BCUT2D eigenvalue weighted by Gasteiger charge is 1.85.